The molecule has 1 saturated carbocycles. The second-order valence-corrected chi connectivity index (χ2v) is 6.60. The minimum absolute atomic E-state index is 0.229. The molecule has 1 fully saturated rings. The van der Waals surface area contributed by atoms with Crippen LogP contribution in [0, 0.1) is 18.3 Å². The number of nitriles is 1. The molecule has 1 aliphatic carbocycles. The van der Waals surface area contributed by atoms with Gasteiger partial charge in [-0.2, -0.15) is 10.4 Å². The Morgan fingerprint density at radius 1 is 1.23 bits per heavy atom. The first kappa shape index (κ1) is 16.2. The van der Waals surface area contributed by atoms with Crippen LogP contribution >= 0.6 is 0 Å². The zero-order valence-corrected chi connectivity index (χ0v) is 14.5. The van der Waals surface area contributed by atoms with Crippen molar-refractivity contribution in [3.63, 3.8) is 0 Å². The average molecular weight is 342 g/mol. The predicted molar refractivity (Wildman–Crippen MR) is 97.2 cm³/mol. The minimum Gasteiger partial charge on any atom is -0.292 e. The summed E-state index contributed by atoms with van der Waals surface area (Å²) in [5.74, 6) is -0.824. The first-order chi connectivity index (χ1) is 12.7. The Morgan fingerprint density at radius 3 is 2.65 bits per heavy atom. The van der Waals surface area contributed by atoms with Gasteiger partial charge >= 0.3 is 0 Å². The van der Waals surface area contributed by atoms with Crippen LogP contribution in [0.3, 0.4) is 0 Å². The third-order valence-electron chi connectivity index (χ3n) is 4.75. The maximum atomic E-state index is 13.1. The lowest BCUT2D eigenvalue weighted by Crippen LogP contribution is -2.14. The van der Waals surface area contributed by atoms with Gasteiger partial charge in [0.25, 0.3) is 0 Å². The maximum Gasteiger partial charge on any atom is 0.189 e. The van der Waals surface area contributed by atoms with Gasteiger partial charge in [-0.15, -0.1) is 0 Å². The summed E-state index contributed by atoms with van der Waals surface area (Å²) < 4.78 is 1.87. The van der Waals surface area contributed by atoms with Crippen LogP contribution in [-0.4, -0.2) is 20.5 Å². The molecular formula is C21H18N4O. The molecule has 0 amide bonds. The number of hydrogen-bond donors (Lipinski definition) is 0. The number of ketones is 1. The predicted octanol–water partition coefficient (Wildman–Crippen LogP) is 3.94. The third-order valence-corrected chi connectivity index (χ3v) is 4.75. The van der Waals surface area contributed by atoms with Crippen LogP contribution in [0.25, 0.3) is 5.69 Å². The first-order valence-electron chi connectivity index (χ1n) is 8.69. The number of rotatable bonds is 5. The average Bonchev–Trinajstić information content (AvgIpc) is 3.42. The van der Waals surface area contributed by atoms with Gasteiger partial charge < -0.3 is 0 Å². The van der Waals surface area contributed by atoms with Crippen molar-refractivity contribution < 1.29 is 4.79 Å². The molecule has 2 aromatic heterocycles. The van der Waals surface area contributed by atoms with E-state index in [9.17, 15) is 10.1 Å². The Labute approximate surface area is 151 Å². The Kier molecular flexibility index (Phi) is 4.10. The fourth-order valence-electron chi connectivity index (χ4n) is 3.25. The Balaban J connectivity index is 1.79. The molecule has 3 aromatic rings. The zero-order valence-electron chi connectivity index (χ0n) is 14.5. The van der Waals surface area contributed by atoms with Gasteiger partial charge in [0, 0.05) is 12.1 Å². The molecule has 0 radical (unpaired) electrons. The first-order valence-corrected chi connectivity index (χ1v) is 8.69. The molecule has 1 aliphatic rings. The Bertz CT molecular complexity index is 996. The second-order valence-electron chi connectivity index (χ2n) is 6.60. The summed E-state index contributed by atoms with van der Waals surface area (Å²) >= 11 is 0. The highest BCUT2D eigenvalue weighted by atomic mass is 16.1. The highest BCUT2D eigenvalue weighted by Crippen LogP contribution is 2.43. The van der Waals surface area contributed by atoms with E-state index in [4.69, 9.17) is 0 Å². The monoisotopic (exact) mass is 342 g/mol. The van der Waals surface area contributed by atoms with E-state index in [-0.39, 0.29) is 5.78 Å². The number of pyridine rings is 1. The summed E-state index contributed by atoms with van der Waals surface area (Å²) in [6.45, 7) is 2.03. The van der Waals surface area contributed by atoms with Crippen molar-refractivity contribution in [3.05, 3.63) is 77.4 Å². The van der Waals surface area contributed by atoms with Gasteiger partial charge in [0.2, 0.25) is 0 Å². The topological polar surface area (TPSA) is 71.6 Å². The number of benzene rings is 1. The fourth-order valence-corrected chi connectivity index (χ4v) is 3.25. The lowest BCUT2D eigenvalue weighted by Gasteiger charge is -2.12. The van der Waals surface area contributed by atoms with E-state index in [0.29, 0.717) is 17.2 Å². The van der Waals surface area contributed by atoms with E-state index in [1.54, 1.807) is 30.6 Å². The molecule has 0 aliphatic heterocycles. The van der Waals surface area contributed by atoms with Crippen LogP contribution in [-0.2, 0) is 0 Å². The summed E-state index contributed by atoms with van der Waals surface area (Å²) in [5, 5.41) is 14.1. The van der Waals surface area contributed by atoms with Gasteiger partial charge in [-0.25, -0.2) is 4.68 Å². The summed E-state index contributed by atoms with van der Waals surface area (Å²) in [4.78, 5) is 17.3. The van der Waals surface area contributed by atoms with Crippen molar-refractivity contribution in [3.8, 4) is 11.8 Å². The van der Waals surface area contributed by atoms with Gasteiger partial charge in [-0.05, 0) is 43.5 Å². The maximum absolute atomic E-state index is 13.1. The lowest BCUT2D eigenvalue weighted by molar-refractivity contribution is 0.0976. The molecule has 26 heavy (non-hydrogen) atoms. The fraction of sp³-hybridized carbons (Fsp3) is 0.238. The quantitative estimate of drug-likeness (QED) is 0.658. The van der Waals surface area contributed by atoms with Gasteiger partial charge in [0.15, 0.2) is 11.7 Å². The Morgan fingerprint density at radius 2 is 2.00 bits per heavy atom. The summed E-state index contributed by atoms with van der Waals surface area (Å²) in [6.07, 6.45) is 5.29. The molecule has 0 spiro atoms. The molecule has 4 rings (SSSR count). The van der Waals surface area contributed by atoms with Crippen LogP contribution in [0.1, 0.15) is 52.0 Å². The van der Waals surface area contributed by atoms with Crippen LogP contribution in [0.15, 0.2) is 54.9 Å². The van der Waals surface area contributed by atoms with Crippen LogP contribution in [0.2, 0.25) is 0 Å². The largest absolute Gasteiger partial charge is 0.292 e. The number of aryl methyl sites for hydroxylation is 1. The van der Waals surface area contributed by atoms with Crippen LogP contribution in [0.5, 0.6) is 0 Å². The summed E-state index contributed by atoms with van der Waals surface area (Å²) in [6, 6.07) is 15.4. The summed E-state index contributed by atoms with van der Waals surface area (Å²) in [7, 11) is 0. The smallest absolute Gasteiger partial charge is 0.189 e. The highest BCUT2D eigenvalue weighted by Gasteiger charge is 2.35. The van der Waals surface area contributed by atoms with Gasteiger partial charge in [-0.3, -0.25) is 9.78 Å². The molecule has 0 saturated heterocycles. The van der Waals surface area contributed by atoms with Gasteiger partial charge in [0.05, 0.1) is 34.9 Å². The summed E-state index contributed by atoms with van der Waals surface area (Å²) in [5.41, 5.74) is 4.00. The highest BCUT2D eigenvalue weighted by molar-refractivity contribution is 6.03. The molecule has 1 aromatic carbocycles. The van der Waals surface area contributed by atoms with E-state index in [1.165, 1.54) is 0 Å². The minimum atomic E-state index is -0.914. The number of carbonyl (C=O) groups is 1. The van der Waals surface area contributed by atoms with Crippen molar-refractivity contribution >= 4 is 5.78 Å². The molecular weight excluding hydrogens is 324 g/mol. The number of aromatic nitrogens is 3. The molecule has 0 N–H and O–H groups in total. The number of carbonyl (C=O) groups excluding carboxylic acids is 1. The third kappa shape index (κ3) is 2.80. The van der Waals surface area contributed by atoms with E-state index < -0.39 is 5.92 Å². The Hall–Kier alpha value is -3.26. The van der Waals surface area contributed by atoms with Gasteiger partial charge in [0.1, 0.15) is 0 Å². The molecule has 128 valence electrons. The molecule has 0 unspecified atom stereocenters. The van der Waals surface area contributed by atoms with Crippen molar-refractivity contribution in [2.75, 3.05) is 0 Å². The van der Waals surface area contributed by atoms with E-state index >= 15 is 0 Å². The molecule has 0 bridgehead atoms. The normalized spacial score (nSPS) is 14.6. The molecule has 2 heterocycles. The molecule has 5 heteroatoms. The number of hydrogen-bond acceptors (Lipinski definition) is 4. The van der Waals surface area contributed by atoms with Crippen LogP contribution < -0.4 is 0 Å². The van der Waals surface area contributed by atoms with Gasteiger partial charge in [-0.1, -0.05) is 24.3 Å². The number of Topliss-reactive ketones (excluding diaryl/α,β-unsaturated/α-hetero) is 1. The molecule has 1 atom stereocenters. The van der Waals surface area contributed by atoms with Crippen molar-refractivity contribution in [1.29, 1.82) is 5.26 Å². The number of para-hydroxylation sites is 1. The van der Waals surface area contributed by atoms with Crippen molar-refractivity contribution in [1.82, 2.24) is 14.8 Å². The van der Waals surface area contributed by atoms with E-state index in [2.05, 4.69) is 16.2 Å². The zero-order chi connectivity index (χ0) is 18.1. The standard InChI is InChI=1S/C21H18N4O/c1-14-6-2-3-8-19(14)25-20(15-9-10-15)17(13-24-25)21(26)16(12-22)18-7-4-5-11-23-18/h2-8,11,13,15-16H,9-10H2,1H3/t16-/m0/s1. The second kappa shape index (κ2) is 6.57. The SMILES string of the molecule is Cc1ccccc1-n1ncc(C(=O)[C@@H](C#N)c2ccccn2)c1C1CC1. The lowest BCUT2D eigenvalue weighted by atomic mass is 9.94. The van der Waals surface area contributed by atoms with Crippen molar-refractivity contribution in [2.24, 2.45) is 0 Å². The van der Waals surface area contributed by atoms with Crippen LogP contribution in [0.4, 0.5) is 0 Å². The van der Waals surface area contributed by atoms with E-state index in [0.717, 1.165) is 29.8 Å². The number of nitrogens with zero attached hydrogens (tertiary/aromatic N) is 4. The molecule has 5 nitrogen and oxygen atoms in total. The van der Waals surface area contributed by atoms with E-state index in [1.807, 2.05) is 35.9 Å². The van der Waals surface area contributed by atoms with Crippen molar-refractivity contribution in [2.45, 2.75) is 31.6 Å².